The highest BCUT2D eigenvalue weighted by Gasteiger charge is 2.19. The standard InChI is InChI=1S/C16H35N5.HI/c1-6-8-9-20(5)16(17-7-2)18-14-15(3)21-12-10-19(4)11-13-21;/h15H,6-14H2,1-5H3,(H,17,18);1H. The van der Waals surface area contributed by atoms with Gasteiger partial charge in [-0.15, -0.1) is 24.0 Å². The molecule has 0 aliphatic carbocycles. The summed E-state index contributed by atoms with van der Waals surface area (Å²) in [6.45, 7) is 14.2. The summed E-state index contributed by atoms with van der Waals surface area (Å²) in [5.74, 6) is 1.05. The van der Waals surface area contributed by atoms with Crippen molar-refractivity contribution in [2.24, 2.45) is 4.99 Å². The number of unbranched alkanes of at least 4 members (excludes halogenated alkanes) is 1. The molecule has 1 unspecified atom stereocenters. The van der Waals surface area contributed by atoms with E-state index in [1.165, 1.54) is 25.9 Å². The van der Waals surface area contributed by atoms with Crippen LogP contribution in [0.4, 0.5) is 0 Å². The van der Waals surface area contributed by atoms with Crippen LogP contribution in [0.2, 0.25) is 0 Å². The van der Waals surface area contributed by atoms with Crippen molar-refractivity contribution in [3.8, 4) is 0 Å². The number of halogens is 1. The van der Waals surface area contributed by atoms with E-state index in [2.05, 4.69) is 54.9 Å². The van der Waals surface area contributed by atoms with E-state index >= 15 is 0 Å². The van der Waals surface area contributed by atoms with E-state index in [1.54, 1.807) is 0 Å². The number of hydrogen-bond acceptors (Lipinski definition) is 3. The Labute approximate surface area is 154 Å². The van der Waals surface area contributed by atoms with Gasteiger partial charge in [-0.3, -0.25) is 9.89 Å². The molecule has 1 heterocycles. The number of nitrogens with zero attached hydrogens (tertiary/aromatic N) is 4. The molecule has 0 aromatic heterocycles. The fourth-order valence-corrected chi connectivity index (χ4v) is 2.57. The van der Waals surface area contributed by atoms with Crippen LogP contribution in [0.25, 0.3) is 0 Å². The molecule has 0 bridgehead atoms. The number of piperazine rings is 1. The number of rotatable bonds is 7. The number of likely N-dealkylation sites (N-methyl/N-ethyl adjacent to an activating group) is 1. The predicted octanol–water partition coefficient (Wildman–Crippen LogP) is 1.94. The Morgan fingerprint density at radius 2 is 1.86 bits per heavy atom. The second-order valence-corrected chi connectivity index (χ2v) is 6.16. The van der Waals surface area contributed by atoms with Crippen molar-refractivity contribution < 1.29 is 0 Å². The van der Waals surface area contributed by atoms with Gasteiger partial charge in [-0.2, -0.15) is 0 Å². The topological polar surface area (TPSA) is 34.1 Å². The Bertz CT molecular complexity index is 303. The maximum atomic E-state index is 4.84. The number of nitrogens with one attached hydrogen (secondary N) is 1. The van der Waals surface area contributed by atoms with Gasteiger partial charge in [0.15, 0.2) is 5.96 Å². The zero-order valence-electron chi connectivity index (χ0n) is 15.1. The minimum Gasteiger partial charge on any atom is -0.357 e. The van der Waals surface area contributed by atoms with Gasteiger partial charge in [0, 0.05) is 52.4 Å². The normalized spacial score (nSPS) is 18.7. The van der Waals surface area contributed by atoms with Crippen molar-refractivity contribution in [3.05, 3.63) is 0 Å². The lowest BCUT2D eigenvalue weighted by Gasteiger charge is -2.36. The SMILES string of the molecule is CCCCN(C)C(=NCC(C)N1CCN(C)CC1)NCC.I. The molecule has 22 heavy (non-hydrogen) atoms. The van der Waals surface area contributed by atoms with Crippen LogP contribution >= 0.6 is 24.0 Å². The van der Waals surface area contributed by atoms with Gasteiger partial charge in [-0.05, 0) is 27.3 Å². The second-order valence-electron chi connectivity index (χ2n) is 6.16. The molecule has 0 aromatic carbocycles. The molecule has 0 saturated carbocycles. The quantitative estimate of drug-likeness (QED) is 0.384. The van der Waals surface area contributed by atoms with E-state index in [1.807, 2.05) is 0 Å². The lowest BCUT2D eigenvalue weighted by molar-refractivity contribution is 0.122. The highest BCUT2D eigenvalue weighted by Crippen LogP contribution is 2.05. The highest BCUT2D eigenvalue weighted by atomic mass is 127. The molecule has 0 spiro atoms. The summed E-state index contributed by atoms with van der Waals surface area (Å²) < 4.78 is 0. The van der Waals surface area contributed by atoms with Crippen molar-refractivity contribution >= 4 is 29.9 Å². The summed E-state index contributed by atoms with van der Waals surface area (Å²) in [6, 6.07) is 0.520. The molecule has 5 nitrogen and oxygen atoms in total. The summed E-state index contributed by atoms with van der Waals surface area (Å²) in [6.07, 6.45) is 2.44. The van der Waals surface area contributed by atoms with E-state index in [-0.39, 0.29) is 24.0 Å². The van der Waals surface area contributed by atoms with E-state index in [0.717, 1.165) is 38.7 Å². The molecular weight excluding hydrogens is 389 g/mol. The maximum absolute atomic E-state index is 4.84. The van der Waals surface area contributed by atoms with Crippen molar-refractivity contribution in [2.45, 2.75) is 39.7 Å². The molecule has 0 radical (unpaired) electrons. The van der Waals surface area contributed by atoms with Crippen LogP contribution in [-0.2, 0) is 0 Å². The van der Waals surface area contributed by atoms with Crippen LogP contribution in [0.5, 0.6) is 0 Å². The van der Waals surface area contributed by atoms with Crippen LogP contribution in [-0.4, -0.2) is 86.6 Å². The molecule has 1 saturated heterocycles. The van der Waals surface area contributed by atoms with E-state index < -0.39 is 0 Å². The monoisotopic (exact) mass is 425 g/mol. The van der Waals surface area contributed by atoms with Gasteiger partial charge in [0.25, 0.3) is 0 Å². The predicted molar refractivity (Wildman–Crippen MR) is 107 cm³/mol. The van der Waals surface area contributed by atoms with Crippen LogP contribution < -0.4 is 5.32 Å². The largest absolute Gasteiger partial charge is 0.357 e. The first-order valence-corrected chi connectivity index (χ1v) is 8.50. The summed E-state index contributed by atoms with van der Waals surface area (Å²) in [5.41, 5.74) is 0. The lowest BCUT2D eigenvalue weighted by atomic mass is 10.2. The third kappa shape index (κ3) is 7.97. The average molecular weight is 425 g/mol. The first kappa shape index (κ1) is 21.9. The molecule has 132 valence electrons. The van der Waals surface area contributed by atoms with Gasteiger partial charge in [0.05, 0.1) is 6.54 Å². The Morgan fingerprint density at radius 1 is 1.23 bits per heavy atom. The van der Waals surface area contributed by atoms with Gasteiger partial charge in [0.1, 0.15) is 0 Å². The fraction of sp³-hybridized carbons (Fsp3) is 0.938. The fourth-order valence-electron chi connectivity index (χ4n) is 2.57. The smallest absolute Gasteiger partial charge is 0.193 e. The van der Waals surface area contributed by atoms with Gasteiger partial charge < -0.3 is 15.1 Å². The molecule has 1 atom stereocenters. The Morgan fingerprint density at radius 3 is 2.41 bits per heavy atom. The van der Waals surface area contributed by atoms with Crippen molar-refractivity contribution in [2.75, 3.05) is 59.9 Å². The second kappa shape index (κ2) is 12.4. The van der Waals surface area contributed by atoms with Gasteiger partial charge in [-0.25, -0.2) is 0 Å². The van der Waals surface area contributed by atoms with E-state index in [0.29, 0.717) is 6.04 Å². The zero-order valence-corrected chi connectivity index (χ0v) is 17.5. The molecular formula is C16H36IN5. The van der Waals surface area contributed by atoms with Gasteiger partial charge in [0.2, 0.25) is 0 Å². The lowest BCUT2D eigenvalue weighted by Crippen LogP contribution is -2.49. The van der Waals surface area contributed by atoms with Gasteiger partial charge >= 0.3 is 0 Å². The van der Waals surface area contributed by atoms with Crippen LogP contribution in [0, 0.1) is 0 Å². The van der Waals surface area contributed by atoms with Crippen LogP contribution in [0.3, 0.4) is 0 Å². The summed E-state index contributed by atoms with van der Waals surface area (Å²) >= 11 is 0. The molecule has 6 heteroatoms. The first-order valence-electron chi connectivity index (χ1n) is 8.50. The third-order valence-corrected chi connectivity index (χ3v) is 4.21. The average Bonchev–Trinajstić information content (AvgIpc) is 2.49. The summed E-state index contributed by atoms with van der Waals surface area (Å²) in [7, 11) is 4.34. The highest BCUT2D eigenvalue weighted by molar-refractivity contribution is 14.0. The molecule has 0 aromatic rings. The Hall–Kier alpha value is -0.0800. The molecule has 1 fully saturated rings. The molecule has 1 aliphatic heterocycles. The molecule has 0 amide bonds. The molecule has 1 rings (SSSR count). The van der Waals surface area contributed by atoms with Crippen molar-refractivity contribution in [1.82, 2.24) is 20.0 Å². The molecule has 1 aliphatic rings. The number of hydrogen-bond donors (Lipinski definition) is 1. The number of aliphatic imine (C=N–C) groups is 1. The summed E-state index contributed by atoms with van der Waals surface area (Å²) in [5, 5.41) is 3.41. The van der Waals surface area contributed by atoms with E-state index in [9.17, 15) is 0 Å². The van der Waals surface area contributed by atoms with Crippen molar-refractivity contribution in [3.63, 3.8) is 0 Å². The van der Waals surface area contributed by atoms with Crippen LogP contribution in [0.1, 0.15) is 33.6 Å². The zero-order chi connectivity index (χ0) is 15.7. The van der Waals surface area contributed by atoms with Gasteiger partial charge in [-0.1, -0.05) is 13.3 Å². The first-order chi connectivity index (χ1) is 10.1. The summed E-state index contributed by atoms with van der Waals surface area (Å²) in [4.78, 5) is 12.0. The van der Waals surface area contributed by atoms with Crippen molar-refractivity contribution in [1.29, 1.82) is 0 Å². The van der Waals surface area contributed by atoms with Crippen LogP contribution in [0.15, 0.2) is 4.99 Å². The minimum atomic E-state index is 0. The third-order valence-electron chi connectivity index (χ3n) is 4.21. The minimum absolute atomic E-state index is 0. The number of guanidine groups is 1. The Balaban J connectivity index is 0.00000441. The van der Waals surface area contributed by atoms with E-state index in [4.69, 9.17) is 4.99 Å². The Kier molecular flexibility index (Phi) is 12.3. The maximum Gasteiger partial charge on any atom is 0.193 e. The molecule has 1 N–H and O–H groups in total.